The third kappa shape index (κ3) is 4.71. The lowest BCUT2D eigenvalue weighted by molar-refractivity contribution is -0.135. The predicted octanol–water partition coefficient (Wildman–Crippen LogP) is 4.38. The van der Waals surface area contributed by atoms with Gasteiger partial charge >= 0.3 is 0 Å². The summed E-state index contributed by atoms with van der Waals surface area (Å²) in [4.78, 5) is 38.3. The third-order valence-corrected chi connectivity index (χ3v) is 6.74. The zero-order chi connectivity index (χ0) is 21.8. The van der Waals surface area contributed by atoms with Gasteiger partial charge in [-0.2, -0.15) is 0 Å². The Kier molecular flexibility index (Phi) is 6.21. The summed E-state index contributed by atoms with van der Waals surface area (Å²) in [6, 6.07) is 17.7. The van der Waals surface area contributed by atoms with Crippen LogP contribution in [0.15, 0.2) is 54.6 Å². The molecule has 4 rings (SSSR count). The van der Waals surface area contributed by atoms with Crippen molar-refractivity contribution in [1.82, 2.24) is 5.32 Å². The third-order valence-electron chi connectivity index (χ3n) is 6.74. The molecule has 2 aliphatic rings. The molecule has 5 nitrogen and oxygen atoms in total. The predicted molar refractivity (Wildman–Crippen MR) is 121 cm³/mol. The fourth-order valence-corrected chi connectivity index (χ4v) is 4.80. The van der Waals surface area contributed by atoms with Crippen LogP contribution in [0.1, 0.15) is 62.5 Å². The van der Waals surface area contributed by atoms with E-state index in [2.05, 4.69) is 10.6 Å². The molecule has 2 fully saturated rings. The summed E-state index contributed by atoms with van der Waals surface area (Å²) in [5.74, 6) is -2.15. The van der Waals surface area contributed by atoms with Crippen molar-refractivity contribution in [3.8, 4) is 0 Å². The monoisotopic (exact) mass is 418 g/mol. The largest absolute Gasteiger partial charge is 0.343 e. The Bertz CT molecular complexity index is 948. The van der Waals surface area contributed by atoms with E-state index < -0.39 is 23.3 Å². The van der Waals surface area contributed by atoms with Crippen LogP contribution >= 0.6 is 0 Å². The second kappa shape index (κ2) is 9.04. The first-order chi connectivity index (χ1) is 15.0. The quantitative estimate of drug-likeness (QED) is 0.684. The van der Waals surface area contributed by atoms with Crippen LogP contribution in [0, 0.1) is 5.92 Å². The maximum Gasteiger partial charge on any atom is 0.244 e. The van der Waals surface area contributed by atoms with E-state index in [0.29, 0.717) is 24.4 Å². The van der Waals surface area contributed by atoms with Crippen molar-refractivity contribution in [2.45, 2.75) is 63.3 Å². The average Bonchev–Trinajstić information content (AvgIpc) is 3.02. The lowest BCUT2D eigenvalue weighted by Crippen LogP contribution is -2.44. The molecule has 1 aliphatic carbocycles. The highest BCUT2D eigenvalue weighted by atomic mass is 16.2. The van der Waals surface area contributed by atoms with Crippen LogP contribution in [0.25, 0.3) is 0 Å². The summed E-state index contributed by atoms with van der Waals surface area (Å²) < 4.78 is 0. The number of hydrogen-bond donors (Lipinski definition) is 2. The van der Waals surface area contributed by atoms with E-state index in [1.165, 1.54) is 37.7 Å². The number of Topliss-reactive ketones (excluding diaryl/α,β-unsaturated/α-hetero) is 1. The van der Waals surface area contributed by atoms with Crippen molar-refractivity contribution >= 4 is 23.3 Å². The summed E-state index contributed by atoms with van der Waals surface area (Å²) in [5, 5.41) is 5.54. The molecule has 0 spiro atoms. The lowest BCUT2D eigenvalue weighted by atomic mass is 9.84. The molecule has 1 saturated heterocycles. The first kappa shape index (κ1) is 21.3. The van der Waals surface area contributed by atoms with E-state index in [4.69, 9.17) is 0 Å². The molecule has 2 unspecified atom stereocenters. The van der Waals surface area contributed by atoms with E-state index in [1.807, 2.05) is 54.6 Å². The van der Waals surface area contributed by atoms with Gasteiger partial charge in [-0.15, -0.1) is 0 Å². The van der Waals surface area contributed by atoms with Crippen molar-refractivity contribution in [2.24, 2.45) is 5.92 Å². The Balaban J connectivity index is 1.38. The van der Waals surface area contributed by atoms with Gasteiger partial charge in [-0.3, -0.25) is 14.4 Å². The van der Waals surface area contributed by atoms with Gasteiger partial charge in [0, 0.05) is 5.69 Å². The second-order valence-corrected chi connectivity index (χ2v) is 9.05. The van der Waals surface area contributed by atoms with Crippen molar-refractivity contribution in [3.63, 3.8) is 0 Å². The number of aryl methyl sites for hydroxylation is 1. The Morgan fingerprint density at radius 3 is 2.35 bits per heavy atom. The van der Waals surface area contributed by atoms with Gasteiger partial charge in [0.25, 0.3) is 0 Å². The van der Waals surface area contributed by atoms with E-state index in [0.717, 1.165) is 5.56 Å². The fourth-order valence-electron chi connectivity index (χ4n) is 4.80. The molecule has 1 saturated carbocycles. The van der Waals surface area contributed by atoms with Crippen molar-refractivity contribution in [1.29, 1.82) is 0 Å². The summed E-state index contributed by atoms with van der Waals surface area (Å²) in [6.07, 6.45) is 7.39. The molecule has 162 valence electrons. The Morgan fingerprint density at radius 1 is 1.00 bits per heavy atom. The van der Waals surface area contributed by atoms with E-state index >= 15 is 0 Å². The number of rotatable bonds is 6. The molecule has 2 atom stereocenters. The first-order valence-corrected chi connectivity index (χ1v) is 11.3. The van der Waals surface area contributed by atoms with E-state index in [1.54, 1.807) is 6.92 Å². The molecular weight excluding hydrogens is 388 g/mol. The minimum Gasteiger partial charge on any atom is -0.343 e. The molecule has 1 aliphatic heterocycles. The minimum atomic E-state index is -1.31. The summed E-state index contributed by atoms with van der Waals surface area (Å²) >= 11 is 0. The van der Waals surface area contributed by atoms with Crippen LogP contribution in [-0.2, 0) is 20.8 Å². The average molecular weight is 419 g/mol. The van der Waals surface area contributed by atoms with Crippen LogP contribution in [0.3, 0.4) is 0 Å². The molecule has 31 heavy (non-hydrogen) atoms. The van der Waals surface area contributed by atoms with Crippen molar-refractivity contribution < 1.29 is 14.4 Å². The van der Waals surface area contributed by atoms with Gasteiger partial charge in [-0.1, -0.05) is 61.7 Å². The second-order valence-electron chi connectivity index (χ2n) is 9.05. The van der Waals surface area contributed by atoms with E-state index in [9.17, 15) is 14.4 Å². The highest BCUT2D eigenvalue weighted by Crippen LogP contribution is 2.33. The Labute approximate surface area is 183 Å². The van der Waals surface area contributed by atoms with Crippen LogP contribution in [-0.4, -0.2) is 23.1 Å². The van der Waals surface area contributed by atoms with E-state index in [-0.39, 0.29) is 5.78 Å². The normalized spacial score (nSPS) is 24.1. The summed E-state index contributed by atoms with van der Waals surface area (Å²) in [7, 11) is 0. The van der Waals surface area contributed by atoms with Crippen molar-refractivity contribution in [3.05, 3.63) is 65.7 Å². The standard InChI is InChI=1S/C26H30N2O3/c1-26(17-16-18-8-4-2-5-9-18)23(29)22(25(31)28-26)24(30)27-21-14-12-20(13-15-21)19-10-6-3-7-11-19/h2,4-5,8-9,12-15,19,22H,3,6-7,10-11,16-17H2,1H3,(H,27,30)(H,28,31). The van der Waals surface area contributed by atoms with Crippen LogP contribution in [0.5, 0.6) is 0 Å². The number of hydrogen-bond acceptors (Lipinski definition) is 3. The topological polar surface area (TPSA) is 75.3 Å². The summed E-state index contributed by atoms with van der Waals surface area (Å²) in [6.45, 7) is 1.71. The first-order valence-electron chi connectivity index (χ1n) is 11.3. The Hall–Kier alpha value is -2.95. The maximum atomic E-state index is 13.0. The molecule has 0 bridgehead atoms. The molecular formula is C26H30N2O3. The molecule has 2 aromatic carbocycles. The maximum absolute atomic E-state index is 13.0. The molecule has 0 aromatic heterocycles. The van der Waals surface area contributed by atoms with Gasteiger partial charge < -0.3 is 10.6 Å². The fraction of sp³-hybridized carbons (Fsp3) is 0.423. The molecule has 2 amide bonds. The minimum absolute atomic E-state index is 0.357. The molecule has 2 aromatic rings. The highest BCUT2D eigenvalue weighted by Gasteiger charge is 2.52. The molecule has 0 radical (unpaired) electrons. The SMILES string of the molecule is CC1(CCc2ccccc2)NC(=O)C(C(=O)Nc2ccc(C3CCCCC3)cc2)C1=O. The number of amides is 2. The molecule has 1 heterocycles. The van der Waals surface area contributed by atoms with Gasteiger partial charge in [0.1, 0.15) is 0 Å². The molecule has 5 heteroatoms. The van der Waals surface area contributed by atoms with Gasteiger partial charge in [-0.25, -0.2) is 0 Å². The number of carbonyl (C=O) groups excluding carboxylic acids is 3. The Morgan fingerprint density at radius 2 is 1.68 bits per heavy atom. The van der Waals surface area contributed by atoms with Gasteiger partial charge in [0.05, 0.1) is 5.54 Å². The number of carbonyl (C=O) groups is 3. The number of ketones is 1. The highest BCUT2D eigenvalue weighted by molar-refractivity contribution is 6.27. The number of benzene rings is 2. The summed E-state index contributed by atoms with van der Waals surface area (Å²) in [5.41, 5.74) is 1.97. The van der Waals surface area contributed by atoms with Gasteiger partial charge in [-0.05, 0) is 61.8 Å². The van der Waals surface area contributed by atoms with Gasteiger partial charge in [0.15, 0.2) is 11.7 Å². The van der Waals surface area contributed by atoms with Crippen LogP contribution in [0.4, 0.5) is 5.69 Å². The van der Waals surface area contributed by atoms with Crippen LogP contribution in [0.2, 0.25) is 0 Å². The number of anilines is 1. The van der Waals surface area contributed by atoms with Crippen LogP contribution < -0.4 is 10.6 Å². The lowest BCUT2D eigenvalue weighted by Gasteiger charge is -2.22. The number of nitrogens with one attached hydrogen (secondary N) is 2. The van der Waals surface area contributed by atoms with Gasteiger partial charge in [0.2, 0.25) is 11.8 Å². The van der Waals surface area contributed by atoms with Crippen molar-refractivity contribution in [2.75, 3.05) is 5.32 Å². The molecule has 2 N–H and O–H groups in total. The smallest absolute Gasteiger partial charge is 0.244 e. The zero-order valence-corrected chi connectivity index (χ0v) is 18.0. The zero-order valence-electron chi connectivity index (χ0n) is 18.0.